The predicted octanol–water partition coefficient (Wildman–Crippen LogP) is 4.78. The minimum atomic E-state index is -0.254. The number of phenolic OH excluding ortho intramolecular Hbond substituents is 2. The third-order valence-corrected chi connectivity index (χ3v) is 4.37. The van der Waals surface area contributed by atoms with E-state index in [1.807, 2.05) is 24.3 Å². The van der Waals surface area contributed by atoms with Gasteiger partial charge in [-0.1, -0.05) is 44.2 Å². The number of phenols is 2. The fraction of sp³-hybridized carbons (Fsp3) is 0.227. The molecule has 0 radical (unpaired) electrons. The Kier molecular flexibility index (Phi) is 7.57. The van der Waals surface area contributed by atoms with Crippen molar-refractivity contribution >= 4 is 6.08 Å². The molecule has 0 aliphatic rings. The molecule has 0 aliphatic carbocycles. The SMILES string of the molecule is C=CCc1c(O)ccc(C(C)(C)c2ccc(O)cc2)c1CC=C.N=C=O. The highest BCUT2D eigenvalue weighted by Crippen LogP contribution is 2.38. The van der Waals surface area contributed by atoms with Gasteiger partial charge in [0.2, 0.25) is 6.08 Å². The standard InChI is InChI=1S/C21H24O2.CHNO/c1-5-7-17-18(8-6-2)20(23)14-13-19(17)21(3,4)15-9-11-16(22)12-10-15;2-1-3/h5-6,9-14,22-23H,1-2,7-8H2,3-4H3;2H. The highest BCUT2D eigenvalue weighted by Gasteiger charge is 2.27. The Morgan fingerprint density at radius 2 is 1.50 bits per heavy atom. The molecular formula is C22H25NO3. The number of aromatic hydroxyl groups is 2. The monoisotopic (exact) mass is 351 g/mol. The van der Waals surface area contributed by atoms with E-state index in [1.54, 1.807) is 24.3 Å². The zero-order valence-electron chi connectivity index (χ0n) is 15.2. The van der Waals surface area contributed by atoms with Gasteiger partial charge >= 0.3 is 0 Å². The van der Waals surface area contributed by atoms with Gasteiger partial charge in [0.15, 0.2) is 0 Å². The molecule has 0 amide bonds. The Morgan fingerprint density at radius 3 is 2.00 bits per heavy atom. The summed E-state index contributed by atoms with van der Waals surface area (Å²) in [6.45, 7) is 11.9. The quantitative estimate of drug-likeness (QED) is 0.398. The normalized spacial score (nSPS) is 10.2. The summed E-state index contributed by atoms with van der Waals surface area (Å²) in [7, 11) is 0. The van der Waals surface area contributed by atoms with Gasteiger partial charge in [-0.05, 0) is 47.7 Å². The second kappa shape index (κ2) is 9.40. The maximum atomic E-state index is 10.2. The highest BCUT2D eigenvalue weighted by atomic mass is 16.3. The number of rotatable bonds is 6. The van der Waals surface area contributed by atoms with Crippen molar-refractivity contribution in [3.05, 3.63) is 84.0 Å². The van der Waals surface area contributed by atoms with E-state index in [2.05, 4.69) is 27.0 Å². The molecule has 2 aromatic rings. The Balaban J connectivity index is 0.00000105. The number of allylic oxidation sites excluding steroid dienone is 2. The fourth-order valence-corrected chi connectivity index (χ4v) is 3.05. The first-order chi connectivity index (χ1) is 12.3. The number of hydrogen-bond acceptors (Lipinski definition) is 4. The molecule has 136 valence electrons. The largest absolute Gasteiger partial charge is 0.508 e. The molecular weight excluding hydrogens is 326 g/mol. The summed E-state index contributed by atoms with van der Waals surface area (Å²) in [5.74, 6) is 0.556. The third kappa shape index (κ3) is 4.71. The summed E-state index contributed by atoms with van der Waals surface area (Å²) >= 11 is 0. The Morgan fingerprint density at radius 1 is 1.00 bits per heavy atom. The van der Waals surface area contributed by atoms with Crippen molar-refractivity contribution in [3.8, 4) is 11.5 Å². The van der Waals surface area contributed by atoms with Crippen molar-refractivity contribution in [3.63, 3.8) is 0 Å². The molecule has 3 N–H and O–H groups in total. The Hall–Kier alpha value is -3.10. The number of benzene rings is 2. The van der Waals surface area contributed by atoms with Crippen LogP contribution >= 0.6 is 0 Å². The van der Waals surface area contributed by atoms with Gasteiger partial charge in [0.05, 0.1) is 0 Å². The number of isocyanates is 1. The van der Waals surface area contributed by atoms with E-state index in [1.165, 1.54) is 0 Å². The molecule has 0 aromatic heterocycles. The number of carbonyl (C=O) groups excluding carboxylic acids is 1. The van der Waals surface area contributed by atoms with E-state index in [0.717, 1.165) is 28.3 Å². The minimum absolute atomic E-state index is 0.254. The van der Waals surface area contributed by atoms with Crippen molar-refractivity contribution in [2.45, 2.75) is 32.1 Å². The zero-order valence-corrected chi connectivity index (χ0v) is 15.2. The molecule has 0 saturated heterocycles. The lowest BCUT2D eigenvalue weighted by atomic mass is 9.74. The van der Waals surface area contributed by atoms with Crippen LogP contribution in [0.2, 0.25) is 0 Å². The maximum absolute atomic E-state index is 10.2. The summed E-state index contributed by atoms with van der Waals surface area (Å²) in [5, 5.41) is 25.2. The number of hydrogen-bond donors (Lipinski definition) is 3. The van der Waals surface area contributed by atoms with E-state index < -0.39 is 0 Å². The average Bonchev–Trinajstić information content (AvgIpc) is 2.59. The van der Waals surface area contributed by atoms with E-state index in [4.69, 9.17) is 10.2 Å². The molecule has 0 atom stereocenters. The van der Waals surface area contributed by atoms with Gasteiger partial charge in [-0.3, -0.25) is 0 Å². The van der Waals surface area contributed by atoms with Gasteiger partial charge < -0.3 is 10.2 Å². The Labute approximate surface area is 154 Å². The topological polar surface area (TPSA) is 81.4 Å². The van der Waals surface area contributed by atoms with Crippen molar-refractivity contribution in [2.24, 2.45) is 0 Å². The van der Waals surface area contributed by atoms with Crippen LogP contribution in [0.1, 0.15) is 36.1 Å². The molecule has 0 unspecified atom stereocenters. The van der Waals surface area contributed by atoms with Crippen LogP contribution < -0.4 is 0 Å². The van der Waals surface area contributed by atoms with Gasteiger partial charge in [0.1, 0.15) is 11.5 Å². The van der Waals surface area contributed by atoms with Crippen LogP contribution in [0.25, 0.3) is 0 Å². The van der Waals surface area contributed by atoms with Crippen LogP contribution in [0.15, 0.2) is 61.7 Å². The lowest BCUT2D eigenvalue weighted by Gasteiger charge is -2.30. The molecule has 0 bridgehead atoms. The lowest BCUT2D eigenvalue weighted by Crippen LogP contribution is -2.21. The van der Waals surface area contributed by atoms with Gasteiger partial charge in [-0.15, -0.1) is 13.2 Å². The molecule has 0 spiro atoms. The van der Waals surface area contributed by atoms with Crippen molar-refractivity contribution < 1.29 is 15.0 Å². The second-order valence-electron chi connectivity index (χ2n) is 6.35. The number of nitrogens with one attached hydrogen (secondary N) is 1. The van der Waals surface area contributed by atoms with E-state index >= 15 is 0 Å². The highest BCUT2D eigenvalue weighted by molar-refractivity contribution is 5.52. The van der Waals surface area contributed by atoms with Crippen molar-refractivity contribution in [2.75, 3.05) is 0 Å². The minimum Gasteiger partial charge on any atom is -0.508 e. The van der Waals surface area contributed by atoms with Crippen molar-refractivity contribution in [1.29, 1.82) is 5.41 Å². The first-order valence-corrected chi connectivity index (χ1v) is 8.22. The van der Waals surface area contributed by atoms with Crippen molar-refractivity contribution in [1.82, 2.24) is 0 Å². The van der Waals surface area contributed by atoms with Crippen LogP contribution in [-0.4, -0.2) is 16.3 Å². The Bertz CT molecular complexity index is 799. The zero-order chi connectivity index (χ0) is 19.7. The van der Waals surface area contributed by atoms with Crippen LogP contribution in [0.4, 0.5) is 0 Å². The van der Waals surface area contributed by atoms with E-state index in [-0.39, 0.29) is 11.2 Å². The summed E-state index contributed by atoms with van der Waals surface area (Å²) in [4.78, 5) is 8.35. The molecule has 4 nitrogen and oxygen atoms in total. The molecule has 0 aliphatic heterocycles. The lowest BCUT2D eigenvalue weighted by molar-refractivity contribution is 0.467. The maximum Gasteiger partial charge on any atom is 0.231 e. The summed E-state index contributed by atoms with van der Waals surface area (Å²) in [6.07, 6.45) is 5.72. The van der Waals surface area contributed by atoms with Gasteiger partial charge in [0, 0.05) is 11.0 Å². The van der Waals surface area contributed by atoms with Crippen LogP contribution in [0.3, 0.4) is 0 Å². The first kappa shape index (κ1) is 20.9. The fourth-order valence-electron chi connectivity index (χ4n) is 3.05. The van der Waals surface area contributed by atoms with Crippen LogP contribution in [0, 0.1) is 5.41 Å². The molecule has 0 fully saturated rings. The summed E-state index contributed by atoms with van der Waals surface area (Å²) < 4.78 is 0. The second-order valence-corrected chi connectivity index (χ2v) is 6.35. The average molecular weight is 351 g/mol. The third-order valence-electron chi connectivity index (χ3n) is 4.37. The van der Waals surface area contributed by atoms with E-state index in [0.29, 0.717) is 18.6 Å². The summed E-state index contributed by atoms with van der Waals surface area (Å²) in [6, 6.07) is 11.0. The molecule has 26 heavy (non-hydrogen) atoms. The molecule has 0 heterocycles. The first-order valence-electron chi connectivity index (χ1n) is 8.22. The molecule has 0 saturated carbocycles. The smallest absolute Gasteiger partial charge is 0.231 e. The van der Waals surface area contributed by atoms with Gasteiger partial charge in [-0.25, -0.2) is 10.2 Å². The molecule has 2 aromatic carbocycles. The van der Waals surface area contributed by atoms with Gasteiger partial charge in [-0.2, -0.15) is 0 Å². The summed E-state index contributed by atoms with van der Waals surface area (Å²) in [5.41, 5.74) is 4.01. The predicted molar refractivity (Wildman–Crippen MR) is 105 cm³/mol. The van der Waals surface area contributed by atoms with E-state index in [9.17, 15) is 10.2 Å². The van der Waals surface area contributed by atoms with Crippen LogP contribution in [0.5, 0.6) is 11.5 Å². The molecule has 4 heteroatoms. The van der Waals surface area contributed by atoms with Crippen LogP contribution in [-0.2, 0) is 23.1 Å². The molecule has 2 rings (SSSR count). The van der Waals surface area contributed by atoms with Gasteiger partial charge in [0.25, 0.3) is 0 Å².